The maximum Gasteiger partial charge on any atom is 0.325 e. The van der Waals surface area contributed by atoms with E-state index < -0.39 is 5.97 Å². The van der Waals surface area contributed by atoms with E-state index in [1.165, 1.54) is 17.1 Å². The van der Waals surface area contributed by atoms with Crippen molar-refractivity contribution in [3.05, 3.63) is 12.4 Å². The second-order valence-corrected chi connectivity index (χ2v) is 5.90. The third kappa shape index (κ3) is 4.25. The van der Waals surface area contributed by atoms with Gasteiger partial charge >= 0.3 is 12.0 Å². The van der Waals surface area contributed by atoms with Gasteiger partial charge in [-0.1, -0.05) is 20.8 Å². The molecule has 1 unspecified atom stereocenters. The molecular weight excluding hydrogens is 260 g/mol. The zero-order valence-electron chi connectivity index (χ0n) is 12.5. The molecule has 7 nitrogen and oxygen atoms in total. The lowest BCUT2D eigenvalue weighted by molar-refractivity contribution is -0.137. The van der Waals surface area contributed by atoms with Gasteiger partial charge in [0.2, 0.25) is 0 Å². The molecule has 1 rings (SSSR count). The highest BCUT2D eigenvalue weighted by Crippen LogP contribution is 2.23. The molecular formula is C13H22N4O3. The van der Waals surface area contributed by atoms with E-state index in [9.17, 15) is 9.59 Å². The van der Waals surface area contributed by atoms with Crippen LogP contribution in [-0.2, 0) is 11.3 Å². The SMILES string of the molecule is CC(N(C)C(=O)Nc1cnn(CC(=O)O)c1)C(C)(C)C. The lowest BCUT2D eigenvalue weighted by Gasteiger charge is -2.35. The number of carboxylic acid groups (broad SMARTS) is 1. The third-order valence-corrected chi connectivity index (χ3v) is 3.34. The third-order valence-electron chi connectivity index (χ3n) is 3.34. The van der Waals surface area contributed by atoms with Crippen LogP contribution in [-0.4, -0.2) is 44.9 Å². The van der Waals surface area contributed by atoms with E-state index >= 15 is 0 Å². The molecule has 0 aromatic carbocycles. The van der Waals surface area contributed by atoms with Crippen molar-refractivity contribution in [3.63, 3.8) is 0 Å². The highest BCUT2D eigenvalue weighted by Gasteiger charge is 2.27. The van der Waals surface area contributed by atoms with Crippen LogP contribution in [0.5, 0.6) is 0 Å². The number of carboxylic acids is 1. The Kier molecular flexibility index (Phi) is 4.75. The minimum Gasteiger partial charge on any atom is -0.480 e. The Balaban J connectivity index is 2.66. The fourth-order valence-corrected chi connectivity index (χ4v) is 1.62. The summed E-state index contributed by atoms with van der Waals surface area (Å²) in [7, 11) is 1.73. The molecule has 0 saturated heterocycles. The van der Waals surface area contributed by atoms with Gasteiger partial charge in [0.25, 0.3) is 0 Å². The molecule has 2 N–H and O–H groups in total. The highest BCUT2D eigenvalue weighted by molar-refractivity contribution is 5.89. The number of nitrogens with one attached hydrogen (secondary N) is 1. The average Bonchev–Trinajstić information content (AvgIpc) is 2.72. The van der Waals surface area contributed by atoms with Gasteiger partial charge in [-0.05, 0) is 12.3 Å². The molecule has 0 bridgehead atoms. The number of hydrogen-bond donors (Lipinski definition) is 2. The predicted molar refractivity (Wildman–Crippen MR) is 75.6 cm³/mol. The molecule has 0 spiro atoms. The predicted octanol–water partition coefficient (Wildman–Crippen LogP) is 1.87. The van der Waals surface area contributed by atoms with Gasteiger partial charge in [-0.3, -0.25) is 9.48 Å². The van der Waals surface area contributed by atoms with Gasteiger partial charge in [-0.25, -0.2) is 4.79 Å². The van der Waals surface area contributed by atoms with Crippen molar-refractivity contribution < 1.29 is 14.7 Å². The van der Waals surface area contributed by atoms with Crippen LogP contribution in [0.3, 0.4) is 0 Å². The zero-order valence-corrected chi connectivity index (χ0v) is 12.5. The summed E-state index contributed by atoms with van der Waals surface area (Å²) >= 11 is 0. The van der Waals surface area contributed by atoms with Crippen LogP contribution in [0.4, 0.5) is 10.5 Å². The number of rotatable bonds is 4. The molecule has 112 valence electrons. The fourth-order valence-electron chi connectivity index (χ4n) is 1.62. The first-order valence-electron chi connectivity index (χ1n) is 6.39. The van der Waals surface area contributed by atoms with Gasteiger partial charge in [-0.15, -0.1) is 0 Å². The first-order chi connectivity index (χ1) is 9.11. The van der Waals surface area contributed by atoms with Crippen molar-refractivity contribution in [2.75, 3.05) is 12.4 Å². The molecule has 20 heavy (non-hydrogen) atoms. The molecule has 7 heteroatoms. The second kappa shape index (κ2) is 5.94. The Labute approximate surface area is 118 Å². The summed E-state index contributed by atoms with van der Waals surface area (Å²) in [4.78, 5) is 24.3. The quantitative estimate of drug-likeness (QED) is 0.882. The maximum atomic E-state index is 12.1. The van der Waals surface area contributed by atoms with Gasteiger partial charge in [0.15, 0.2) is 0 Å². The molecule has 1 atom stereocenters. The number of carbonyl (C=O) groups is 2. The fraction of sp³-hybridized carbons (Fsp3) is 0.615. The normalized spacial score (nSPS) is 12.8. The Hall–Kier alpha value is -2.05. The number of carbonyl (C=O) groups excluding carboxylic acids is 1. The standard InChI is InChI=1S/C13H22N4O3/c1-9(13(2,3)4)16(5)12(20)15-10-6-14-17(7-10)8-11(18)19/h6-7,9H,8H2,1-5H3,(H,15,20)(H,18,19). The van der Waals surface area contributed by atoms with Crippen LogP contribution < -0.4 is 5.32 Å². The molecule has 0 aliphatic carbocycles. The summed E-state index contributed by atoms with van der Waals surface area (Å²) in [6.07, 6.45) is 2.91. The maximum absolute atomic E-state index is 12.1. The van der Waals surface area contributed by atoms with E-state index in [4.69, 9.17) is 5.11 Å². The number of hydrogen-bond acceptors (Lipinski definition) is 3. The van der Waals surface area contributed by atoms with Crippen LogP contribution in [0, 0.1) is 5.41 Å². The topological polar surface area (TPSA) is 87.5 Å². The monoisotopic (exact) mass is 282 g/mol. The Morgan fingerprint density at radius 1 is 1.50 bits per heavy atom. The van der Waals surface area contributed by atoms with Gasteiger partial charge in [0.05, 0.1) is 11.9 Å². The zero-order chi connectivity index (χ0) is 15.5. The molecule has 1 heterocycles. The molecule has 2 amide bonds. The minimum absolute atomic E-state index is 0.0282. The lowest BCUT2D eigenvalue weighted by Crippen LogP contribution is -2.44. The van der Waals surface area contributed by atoms with E-state index in [1.807, 2.05) is 6.92 Å². The summed E-state index contributed by atoms with van der Waals surface area (Å²) in [6.45, 7) is 7.93. The van der Waals surface area contributed by atoms with Crippen LogP contribution in [0.2, 0.25) is 0 Å². The van der Waals surface area contributed by atoms with Gasteiger partial charge in [-0.2, -0.15) is 5.10 Å². The van der Waals surface area contributed by atoms with Crippen molar-refractivity contribution in [1.82, 2.24) is 14.7 Å². The number of nitrogens with zero attached hydrogens (tertiary/aromatic N) is 3. The lowest BCUT2D eigenvalue weighted by atomic mass is 9.87. The minimum atomic E-state index is -0.982. The van der Waals surface area contributed by atoms with Gasteiger partial charge in [0, 0.05) is 19.3 Å². The average molecular weight is 282 g/mol. The Morgan fingerprint density at radius 3 is 2.60 bits per heavy atom. The van der Waals surface area contributed by atoms with Crippen LogP contribution in [0.1, 0.15) is 27.7 Å². The van der Waals surface area contributed by atoms with Crippen molar-refractivity contribution in [2.24, 2.45) is 5.41 Å². The first-order valence-corrected chi connectivity index (χ1v) is 6.39. The highest BCUT2D eigenvalue weighted by atomic mass is 16.4. The summed E-state index contributed by atoms with van der Waals surface area (Å²) in [6, 6.07) is -0.195. The van der Waals surface area contributed by atoms with Crippen LogP contribution in [0.25, 0.3) is 0 Å². The summed E-state index contributed by atoms with van der Waals surface area (Å²) in [5.74, 6) is -0.982. The second-order valence-electron chi connectivity index (χ2n) is 5.90. The van der Waals surface area contributed by atoms with Gasteiger partial charge in [0.1, 0.15) is 6.54 Å². The summed E-state index contributed by atoms with van der Waals surface area (Å²) in [5, 5.41) is 15.2. The Morgan fingerprint density at radius 2 is 2.10 bits per heavy atom. The number of aromatic nitrogens is 2. The number of urea groups is 1. The Bertz CT molecular complexity index is 490. The molecule has 0 saturated carbocycles. The van der Waals surface area contributed by atoms with Crippen molar-refractivity contribution in [2.45, 2.75) is 40.3 Å². The van der Waals surface area contributed by atoms with Gasteiger partial charge < -0.3 is 15.3 Å². The smallest absolute Gasteiger partial charge is 0.325 e. The van der Waals surface area contributed by atoms with Crippen molar-refractivity contribution in [1.29, 1.82) is 0 Å². The number of amides is 2. The summed E-state index contributed by atoms with van der Waals surface area (Å²) < 4.78 is 1.26. The van der Waals surface area contributed by atoms with E-state index in [0.29, 0.717) is 5.69 Å². The molecule has 0 aliphatic heterocycles. The van der Waals surface area contributed by atoms with Crippen molar-refractivity contribution >= 4 is 17.7 Å². The van der Waals surface area contributed by atoms with E-state index in [1.54, 1.807) is 11.9 Å². The largest absolute Gasteiger partial charge is 0.480 e. The molecule has 0 fully saturated rings. The van der Waals surface area contributed by atoms with Crippen LogP contribution >= 0.6 is 0 Å². The van der Waals surface area contributed by atoms with E-state index in [0.717, 1.165) is 0 Å². The molecule has 0 aliphatic rings. The molecule has 0 radical (unpaired) electrons. The number of anilines is 1. The number of aliphatic carboxylic acids is 1. The first kappa shape index (κ1) is 16.0. The van der Waals surface area contributed by atoms with E-state index in [-0.39, 0.29) is 24.0 Å². The van der Waals surface area contributed by atoms with Crippen LogP contribution in [0.15, 0.2) is 12.4 Å². The molecule has 1 aromatic heterocycles. The molecule has 1 aromatic rings. The summed E-state index contributed by atoms with van der Waals surface area (Å²) in [5.41, 5.74) is 0.448. The van der Waals surface area contributed by atoms with Crippen molar-refractivity contribution in [3.8, 4) is 0 Å². The van der Waals surface area contributed by atoms with E-state index in [2.05, 4.69) is 31.2 Å².